The van der Waals surface area contributed by atoms with Crippen LogP contribution in [0.4, 0.5) is 4.39 Å². The molecule has 0 amide bonds. The van der Waals surface area contributed by atoms with Crippen molar-refractivity contribution >= 4 is 17.3 Å². The Morgan fingerprint density at radius 1 is 1.00 bits per heavy atom. The van der Waals surface area contributed by atoms with Crippen molar-refractivity contribution < 1.29 is 4.39 Å². The van der Waals surface area contributed by atoms with Gasteiger partial charge in [-0.2, -0.15) is 0 Å². The van der Waals surface area contributed by atoms with E-state index < -0.39 is 0 Å². The van der Waals surface area contributed by atoms with Gasteiger partial charge >= 0.3 is 0 Å². The van der Waals surface area contributed by atoms with E-state index in [9.17, 15) is 4.39 Å². The second-order valence-electron chi connectivity index (χ2n) is 6.74. The molecule has 0 spiro atoms. The number of aromatic nitrogens is 1. The average molecular weight is 380 g/mol. The fraction of sp³-hybridized carbons (Fsp3) is 0.227. The fourth-order valence-corrected chi connectivity index (χ4v) is 3.96. The summed E-state index contributed by atoms with van der Waals surface area (Å²) in [5.74, 6) is -0.222. The van der Waals surface area contributed by atoms with Gasteiger partial charge < -0.3 is 14.8 Å². The highest BCUT2D eigenvalue weighted by Crippen LogP contribution is 2.32. The Bertz CT molecular complexity index is 905. The summed E-state index contributed by atoms with van der Waals surface area (Å²) in [5.41, 5.74) is 3.51. The van der Waals surface area contributed by atoms with Crippen LogP contribution in [0.3, 0.4) is 0 Å². The van der Waals surface area contributed by atoms with Crippen LogP contribution in [-0.4, -0.2) is 27.7 Å². The molecule has 27 heavy (non-hydrogen) atoms. The van der Waals surface area contributed by atoms with Gasteiger partial charge in [0.05, 0.1) is 6.04 Å². The fourth-order valence-electron chi connectivity index (χ4n) is 3.66. The zero-order chi connectivity index (χ0) is 18.6. The van der Waals surface area contributed by atoms with Crippen LogP contribution in [0.25, 0.3) is 0 Å². The van der Waals surface area contributed by atoms with E-state index in [1.165, 1.54) is 23.4 Å². The monoisotopic (exact) mass is 379 g/mol. The topological polar surface area (TPSA) is 20.2 Å². The molecule has 1 N–H and O–H groups in total. The molecule has 0 radical (unpaired) electrons. The number of fused-ring (bicyclic) bond motifs is 1. The number of halogens is 1. The molecule has 3 aromatic rings. The molecule has 0 unspecified atom stereocenters. The molecule has 0 saturated carbocycles. The maximum absolute atomic E-state index is 13.4. The van der Waals surface area contributed by atoms with Crippen LogP contribution >= 0.6 is 12.2 Å². The van der Waals surface area contributed by atoms with Crippen molar-refractivity contribution in [1.82, 2.24) is 14.8 Å². The van der Waals surface area contributed by atoms with E-state index in [2.05, 4.69) is 57.4 Å². The lowest BCUT2D eigenvalue weighted by atomic mass is 10.0. The van der Waals surface area contributed by atoms with Crippen LogP contribution in [0.5, 0.6) is 0 Å². The summed E-state index contributed by atoms with van der Waals surface area (Å²) in [6, 6.07) is 21.3. The summed E-state index contributed by atoms with van der Waals surface area (Å²) >= 11 is 5.73. The summed E-state index contributed by atoms with van der Waals surface area (Å²) in [4.78, 5) is 2.21. The quantitative estimate of drug-likeness (QED) is 0.688. The zero-order valence-corrected chi connectivity index (χ0v) is 15.8. The molecule has 1 aliphatic rings. The minimum Gasteiger partial charge on any atom is -0.362 e. The van der Waals surface area contributed by atoms with Gasteiger partial charge in [0.15, 0.2) is 5.11 Å². The molecule has 0 fully saturated rings. The first-order valence-corrected chi connectivity index (χ1v) is 9.62. The molecule has 1 aliphatic heterocycles. The average Bonchev–Trinajstić information content (AvgIpc) is 3.17. The molecule has 4 rings (SSSR count). The SMILES string of the molecule is Fc1ccc([C@H]2c3cccn3CCN2C(=S)NCCc2ccccc2)cc1. The normalized spacial score (nSPS) is 16.0. The van der Waals surface area contributed by atoms with Crippen LogP contribution < -0.4 is 5.32 Å². The molecule has 1 atom stereocenters. The number of nitrogens with one attached hydrogen (secondary N) is 1. The van der Waals surface area contributed by atoms with Crippen molar-refractivity contribution in [3.8, 4) is 0 Å². The van der Waals surface area contributed by atoms with Gasteiger partial charge in [0.2, 0.25) is 0 Å². The third-order valence-corrected chi connectivity index (χ3v) is 5.40. The Morgan fingerprint density at radius 3 is 2.56 bits per heavy atom. The molecule has 1 aromatic heterocycles. The van der Waals surface area contributed by atoms with E-state index in [0.29, 0.717) is 0 Å². The molecule has 2 heterocycles. The summed E-state index contributed by atoms with van der Waals surface area (Å²) < 4.78 is 15.7. The Kier molecular flexibility index (Phi) is 5.21. The van der Waals surface area contributed by atoms with Gasteiger partial charge in [-0.3, -0.25) is 0 Å². The third kappa shape index (κ3) is 3.88. The van der Waals surface area contributed by atoms with Crippen molar-refractivity contribution in [2.45, 2.75) is 19.0 Å². The summed E-state index contributed by atoms with van der Waals surface area (Å²) in [5, 5.41) is 4.15. The highest BCUT2D eigenvalue weighted by Gasteiger charge is 2.30. The highest BCUT2D eigenvalue weighted by molar-refractivity contribution is 7.80. The molecule has 3 nitrogen and oxygen atoms in total. The van der Waals surface area contributed by atoms with Crippen LogP contribution in [0.2, 0.25) is 0 Å². The first-order valence-electron chi connectivity index (χ1n) is 9.21. The second-order valence-corrected chi connectivity index (χ2v) is 7.13. The predicted octanol–water partition coefficient (Wildman–Crippen LogP) is 4.15. The Labute approximate surface area is 164 Å². The molecule has 0 aliphatic carbocycles. The number of rotatable bonds is 4. The maximum atomic E-state index is 13.4. The Balaban J connectivity index is 1.51. The van der Waals surface area contributed by atoms with E-state index in [-0.39, 0.29) is 11.9 Å². The summed E-state index contributed by atoms with van der Waals surface area (Å²) in [7, 11) is 0. The van der Waals surface area contributed by atoms with Crippen molar-refractivity contribution in [3.05, 3.63) is 95.6 Å². The van der Waals surface area contributed by atoms with Gasteiger partial charge in [0, 0.05) is 31.5 Å². The van der Waals surface area contributed by atoms with Gasteiger partial charge in [-0.05, 0) is 54.0 Å². The van der Waals surface area contributed by atoms with Crippen molar-refractivity contribution in [2.24, 2.45) is 0 Å². The van der Waals surface area contributed by atoms with Gasteiger partial charge in [0.25, 0.3) is 0 Å². The first kappa shape index (κ1) is 17.7. The summed E-state index contributed by atoms with van der Waals surface area (Å²) in [6.07, 6.45) is 3.02. The Morgan fingerprint density at radius 2 is 1.78 bits per heavy atom. The maximum Gasteiger partial charge on any atom is 0.169 e. The number of thiocarbonyl (C=S) groups is 1. The standard InChI is InChI=1S/C22H22FN3S/c23-19-10-8-18(9-11-19)21-20-7-4-14-25(20)15-16-26(21)22(27)24-13-12-17-5-2-1-3-6-17/h1-11,14,21H,12-13,15-16H2,(H,24,27)/t21-/m0/s1. The molecular formula is C22H22FN3S. The second kappa shape index (κ2) is 7.92. The smallest absolute Gasteiger partial charge is 0.169 e. The molecule has 2 aromatic carbocycles. The predicted molar refractivity (Wildman–Crippen MR) is 110 cm³/mol. The largest absolute Gasteiger partial charge is 0.362 e. The number of nitrogens with zero attached hydrogens (tertiary/aromatic N) is 2. The van der Waals surface area contributed by atoms with Crippen molar-refractivity contribution in [1.29, 1.82) is 0 Å². The van der Waals surface area contributed by atoms with Gasteiger partial charge in [-0.1, -0.05) is 42.5 Å². The zero-order valence-electron chi connectivity index (χ0n) is 15.0. The molecule has 138 valence electrons. The van der Waals surface area contributed by atoms with Crippen molar-refractivity contribution in [2.75, 3.05) is 13.1 Å². The molecule has 5 heteroatoms. The van der Waals surface area contributed by atoms with E-state index in [1.54, 1.807) is 0 Å². The van der Waals surface area contributed by atoms with E-state index in [0.717, 1.165) is 36.7 Å². The van der Waals surface area contributed by atoms with E-state index in [4.69, 9.17) is 12.2 Å². The number of benzene rings is 2. The lowest BCUT2D eigenvalue weighted by molar-refractivity contribution is 0.286. The Hall–Kier alpha value is -2.66. The third-order valence-electron chi connectivity index (χ3n) is 5.02. The minimum atomic E-state index is -0.222. The molecular weight excluding hydrogens is 357 g/mol. The first-order chi connectivity index (χ1) is 13.2. The number of hydrogen-bond donors (Lipinski definition) is 1. The van der Waals surface area contributed by atoms with Gasteiger partial charge in [-0.15, -0.1) is 0 Å². The summed E-state index contributed by atoms with van der Waals surface area (Å²) in [6.45, 7) is 2.50. The minimum absolute atomic E-state index is 0.00826. The van der Waals surface area contributed by atoms with E-state index in [1.807, 2.05) is 18.2 Å². The van der Waals surface area contributed by atoms with Gasteiger partial charge in [0.1, 0.15) is 5.82 Å². The molecule has 0 saturated heterocycles. The lowest BCUT2D eigenvalue weighted by Gasteiger charge is -2.39. The van der Waals surface area contributed by atoms with Crippen LogP contribution in [0.15, 0.2) is 72.9 Å². The van der Waals surface area contributed by atoms with Crippen LogP contribution in [0.1, 0.15) is 22.9 Å². The van der Waals surface area contributed by atoms with E-state index >= 15 is 0 Å². The lowest BCUT2D eigenvalue weighted by Crippen LogP contribution is -2.47. The van der Waals surface area contributed by atoms with Crippen LogP contribution in [-0.2, 0) is 13.0 Å². The molecule has 0 bridgehead atoms. The van der Waals surface area contributed by atoms with Gasteiger partial charge in [-0.25, -0.2) is 4.39 Å². The number of hydrogen-bond acceptors (Lipinski definition) is 1. The van der Waals surface area contributed by atoms with Crippen molar-refractivity contribution in [3.63, 3.8) is 0 Å². The highest BCUT2D eigenvalue weighted by atomic mass is 32.1. The van der Waals surface area contributed by atoms with Crippen LogP contribution in [0, 0.1) is 5.82 Å².